The number of nitrogens with zero attached hydrogens (tertiary/aromatic N) is 1. The maximum Gasteiger partial charge on any atom is 0.387 e. The predicted octanol–water partition coefficient (Wildman–Crippen LogP) is 0.940. The van der Waals surface area contributed by atoms with Gasteiger partial charge in [-0.15, -0.1) is 0 Å². The van der Waals surface area contributed by atoms with Gasteiger partial charge in [0.1, 0.15) is 5.75 Å². The topological polar surface area (TPSA) is 92.8 Å². The molecule has 2 fully saturated rings. The van der Waals surface area contributed by atoms with Crippen LogP contribution in [0.1, 0.15) is 18.4 Å². The number of carbonyl (C=O) groups is 2. The van der Waals surface area contributed by atoms with E-state index in [0.29, 0.717) is 12.0 Å². The van der Waals surface area contributed by atoms with Crippen molar-refractivity contribution in [2.75, 3.05) is 18.1 Å². The van der Waals surface area contributed by atoms with Crippen LogP contribution in [0, 0.1) is 5.92 Å². The number of amides is 2. The molecule has 27 heavy (non-hydrogen) atoms. The number of halogens is 2. The van der Waals surface area contributed by atoms with Crippen molar-refractivity contribution in [3.8, 4) is 5.75 Å². The highest BCUT2D eigenvalue weighted by Crippen LogP contribution is 2.26. The Morgan fingerprint density at radius 1 is 1.33 bits per heavy atom. The highest BCUT2D eigenvalue weighted by atomic mass is 32.2. The van der Waals surface area contributed by atoms with Crippen molar-refractivity contribution in [2.24, 2.45) is 5.92 Å². The summed E-state index contributed by atoms with van der Waals surface area (Å²) in [6.45, 7) is -2.81. The first kappa shape index (κ1) is 19.5. The molecule has 10 heteroatoms. The molecule has 7 nitrogen and oxygen atoms in total. The molecule has 0 saturated carbocycles. The zero-order valence-electron chi connectivity index (χ0n) is 14.4. The van der Waals surface area contributed by atoms with Crippen LogP contribution in [0.15, 0.2) is 24.3 Å². The van der Waals surface area contributed by atoms with E-state index in [-0.39, 0.29) is 54.6 Å². The van der Waals surface area contributed by atoms with Gasteiger partial charge in [0.2, 0.25) is 11.8 Å². The van der Waals surface area contributed by atoms with E-state index in [1.54, 1.807) is 18.2 Å². The molecule has 3 rings (SSSR count). The predicted molar refractivity (Wildman–Crippen MR) is 91.8 cm³/mol. The first-order valence-corrected chi connectivity index (χ1v) is 10.4. The second-order valence-electron chi connectivity index (χ2n) is 6.71. The maximum atomic E-state index is 12.4. The summed E-state index contributed by atoms with van der Waals surface area (Å²) in [6.07, 6.45) is 0.401. The molecule has 2 atom stereocenters. The zero-order chi connectivity index (χ0) is 19.6. The van der Waals surface area contributed by atoms with Gasteiger partial charge < -0.3 is 15.0 Å². The Morgan fingerprint density at radius 2 is 2.07 bits per heavy atom. The van der Waals surface area contributed by atoms with Crippen molar-refractivity contribution in [1.29, 1.82) is 0 Å². The summed E-state index contributed by atoms with van der Waals surface area (Å²) in [5.41, 5.74) is 0.397. The summed E-state index contributed by atoms with van der Waals surface area (Å²) in [5, 5.41) is 2.64. The minimum Gasteiger partial charge on any atom is -0.434 e. The van der Waals surface area contributed by atoms with Gasteiger partial charge in [-0.2, -0.15) is 8.78 Å². The van der Waals surface area contributed by atoms with Gasteiger partial charge in [0, 0.05) is 31.1 Å². The van der Waals surface area contributed by atoms with Gasteiger partial charge in [-0.3, -0.25) is 9.59 Å². The molecule has 2 heterocycles. The van der Waals surface area contributed by atoms with E-state index in [1.807, 2.05) is 0 Å². The standard InChI is InChI=1S/C17H20F2N2O5S/c18-17(19)26-14-4-2-1-3-11(14)8-20-16(23)12-7-15(22)21(9-12)13-5-6-27(24,25)10-13/h1-4,12-13,17H,5-10H2,(H,20,23)/t12-,13+/m0/s1. The van der Waals surface area contributed by atoms with Crippen LogP contribution < -0.4 is 10.1 Å². The van der Waals surface area contributed by atoms with Crippen LogP contribution >= 0.6 is 0 Å². The van der Waals surface area contributed by atoms with Crippen molar-refractivity contribution in [3.05, 3.63) is 29.8 Å². The van der Waals surface area contributed by atoms with E-state index in [2.05, 4.69) is 10.1 Å². The molecule has 148 valence electrons. The lowest BCUT2D eigenvalue weighted by molar-refractivity contribution is -0.130. The number of hydrogen-bond acceptors (Lipinski definition) is 5. The summed E-state index contributed by atoms with van der Waals surface area (Å²) in [4.78, 5) is 26.0. The number of sulfone groups is 1. The first-order chi connectivity index (χ1) is 12.7. The largest absolute Gasteiger partial charge is 0.434 e. The third-order valence-corrected chi connectivity index (χ3v) is 6.57. The van der Waals surface area contributed by atoms with Gasteiger partial charge in [-0.1, -0.05) is 18.2 Å². The molecule has 2 saturated heterocycles. The zero-order valence-corrected chi connectivity index (χ0v) is 15.3. The highest BCUT2D eigenvalue weighted by molar-refractivity contribution is 7.91. The van der Waals surface area contributed by atoms with Crippen LogP contribution in [0.4, 0.5) is 8.78 Å². The van der Waals surface area contributed by atoms with Crippen molar-refractivity contribution in [1.82, 2.24) is 10.2 Å². The Morgan fingerprint density at radius 3 is 2.74 bits per heavy atom. The summed E-state index contributed by atoms with van der Waals surface area (Å²) in [7, 11) is -3.12. The molecular weight excluding hydrogens is 382 g/mol. The van der Waals surface area contributed by atoms with E-state index in [1.165, 1.54) is 11.0 Å². The molecule has 1 N–H and O–H groups in total. The third kappa shape index (κ3) is 4.74. The van der Waals surface area contributed by atoms with Gasteiger partial charge in [-0.25, -0.2) is 8.42 Å². The molecule has 0 radical (unpaired) electrons. The van der Waals surface area contributed by atoms with E-state index in [9.17, 15) is 26.8 Å². The molecule has 2 amide bonds. The monoisotopic (exact) mass is 402 g/mol. The fourth-order valence-electron chi connectivity index (χ4n) is 3.47. The molecular formula is C17H20F2N2O5S. The molecule has 2 aliphatic heterocycles. The van der Waals surface area contributed by atoms with E-state index >= 15 is 0 Å². The van der Waals surface area contributed by atoms with E-state index < -0.39 is 22.4 Å². The first-order valence-electron chi connectivity index (χ1n) is 8.55. The second kappa shape index (κ2) is 7.79. The van der Waals surface area contributed by atoms with E-state index in [4.69, 9.17) is 0 Å². The minimum atomic E-state index is -3.12. The number of nitrogens with one attached hydrogen (secondary N) is 1. The van der Waals surface area contributed by atoms with Crippen LogP contribution in [0.5, 0.6) is 5.75 Å². The molecule has 0 spiro atoms. The lowest BCUT2D eigenvalue weighted by atomic mass is 10.1. The molecule has 0 aromatic heterocycles. The molecule has 1 aromatic carbocycles. The van der Waals surface area contributed by atoms with Crippen LogP contribution in [-0.4, -0.2) is 55.8 Å². The summed E-state index contributed by atoms with van der Waals surface area (Å²) >= 11 is 0. The maximum absolute atomic E-state index is 12.4. The van der Waals surface area contributed by atoms with Crippen LogP contribution in [0.2, 0.25) is 0 Å². The molecule has 0 aliphatic carbocycles. The quantitative estimate of drug-likeness (QED) is 0.765. The van der Waals surface area contributed by atoms with Gasteiger partial charge in [0.25, 0.3) is 0 Å². The number of likely N-dealkylation sites (tertiary alicyclic amines) is 1. The van der Waals surface area contributed by atoms with Crippen LogP contribution in [-0.2, 0) is 26.0 Å². The third-order valence-electron chi connectivity index (χ3n) is 4.82. The highest BCUT2D eigenvalue weighted by Gasteiger charge is 2.41. The van der Waals surface area contributed by atoms with Crippen LogP contribution in [0.3, 0.4) is 0 Å². The number of ether oxygens (including phenoxy) is 1. The molecule has 0 unspecified atom stereocenters. The lowest BCUT2D eigenvalue weighted by Gasteiger charge is -2.23. The van der Waals surface area contributed by atoms with Crippen LogP contribution in [0.25, 0.3) is 0 Å². The average molecular weight is 402 g/mol. The summed E-state index contributed by atoms with van der Waals surface area (Å²) < 4.78 is 52.5. The minimum absolute atomic E-state index is 0.00970. The lowest BCUT2D eigenvalue weighted by Crippen LogP contribution is -2.39. The van der Waals surface area contributed by atoms with Gasteiger partial charge in [-0.05, 0) is 12.5 Å². The number of hydrogen-bond donors (Lipinski definition) is 1. The Hall–Kier alpha value is -2.23. The summed E-state index contributed by atoms with van der Waals surface area (Å²) in [6, 6.07) is 5.76. The molecule has 2 aliphatic rings. The fourth-order valence-corrected chi connectivity index (χ4v) is 5.20. The number of alkyl halides is 2. The Balaban J connectivity index is 1.57. The Bertz CT molecular complexity index is 830. The van der Waals surface area contributed by atoms with Gasteiger partial charge in [0.05, 0.1) is 17.4 Å². The summed E-state index contributed by atoms with van der Waals surface area (Å²) in [5.74, 6) is -1.24. The van der Waals surface area contributed by atoms with Crippen molar-refractivity contribution < 1.29 is 31.5 Å². The van der Waals surface area contributed by atoms with Gasteiger partial charge in [0.15, 0.2) is 9.84 Å². The van der Waals surface area contributed by atoms with Crippen molar-refractivity contribution in [2.45, 2.75) is 32.0 Å². The SMILES string of the molecule is O=C(NCc1ccccc1OC(F)F)[C@H]1CC(=O)N([C@@H]2CCS(=O)(=O)C2)C1. The van der Waals surface area contributed by atoms with Gasteiger partial charge >= 0.3 is 6.61 Å². The number of benzene rings is 1. The number of para-hydroxylation sites is 1. The fraction of sp³-hybridized carbons (Fsp3) is 0.529. The average Bonchev–Trinajstić information content (AvgIpc) is 3.15. The van der Waals surface area contributed by atoms with Crippen molar-refractivity contribution in [3.63, 3.8) is 0 Å². The second-order valence-corrected chi connectivity index (χ2v) is 8.94. The normalized spacial score (nSPS) is 24.4. The smallest absolute Gasteiger partial charge is 0.387 e. The Kier molecular flexibility index (Phi) is 5.64. The molecule has 0 bridgehead atoms. The Labute approximate surface area is 155 Å². The number of carbonyl (C=O) groups excluding carboxylic acids is 2. The van der Waals surface area contributed by atoms with E-state index in [0.717, 1.165) is 0 Å². The van der Waals surface area contributed by atoms with Crippen molar-refractivity contribution >= 4 is 21.7 Å². The molecule has 1 aromatic rings. The number of rotatable bonds is 6.